The highest BCUT2D eigenvalue weighted by Gasteiger charge is 2.23. The zero-order valence-electron chi connectivity index (χ0n) is 22.7. The number of hydrogen-bond acceptors (Lipinski definition) is 3. The molecule has 1 saturated heterocycles. The molecular formula is C32H39FN4O. The van der Waals surface area contributed by atoms with Crippen molar-refractivity contribution in [3.05, 3.63) is 53.0 Å². The van der Waals surface area contributed by atoms with Gasteiger partial charge in [-0.05, 0) is 118 Å². The van der Waals surface area contributed by atoms with E-state index in [0.29, 0.717) is 17.2 Å². The topological polar surface area (TPSA) is 61.0 Å². The Bertz CT molecular complexity index is 1340. The van der Waals surface area contributed by atoms with E-state index in [0.717, 1.165) is 79.3 Å². The van der Waals surface area contributed by atoms with Crippen molar-refractivity contribution in [2.24, 2.45) is 5.92 Å². The largest absolute Gasteiger partial charge is 0.348 e. The van der Waals surface area contributed by atoms with Crippen LogP contribution in [-0.2, 0) is 6.54 Å². The molecule has 2 heterocycles. The lowest BCUT2D eigenvalue weighted by molar-refractivity contribution is 0.0929. The molecule has 5 nitrogen and oxygen atoms in total. The molecule has 3 aromatic rings. The lowest BCUT2D eigenvalue weighted by Gasteiger charge is -2.26. The smallest absolute Gasteiger partial charge is 0.272 e. The molecule has 2 N–H and O–H groups in total. The summed E-state index contributed by atoms with van der Waals surface area (Å²) < 4.78 is 15.0. The van der Waals surface area contributed by atoms with Crippen LogP contribution in [0.3, 0.4) is 0 Å². The van der Waals surface area contributed by atoms with Gasteiger partial charge in [-0.1, -0.05) is 18.9 Å². The van der Waals surface area contributed by atoms with Gasteiger partial charge in [0.05, 0.1) is 5.52 Å². The number of aromatic amines is 1. The fraction of sp³-hybridized carbons (Fsp3) is 0.500. The third-order valence-corrected chi connectivity index (χ3v) is 8.34. The Labute approximate surface area is 225 Å². The van der Waals surface area contributed by atoms with Crippen LogP contribution >= 0.6 is 0 Å². The number of rotatable bonds is 6. The number of halogens is 1. The van der Waals surface area contributed by atoms with Crippen LogP contribution in [-0.4, -0.2) is 40.1 Å². The maximum Gasteiger partial charge on any atom is 0.272 e. The quantitative estimate of drug-likeness (QED) is 0.282. The summed E-state index contributed by atoms with van der Waals surface area (Å²) in [5.74, 6) is 6.51. The van der Waals surface area contributed by atoms with E-state index in [1.165, 1.54) is 25.7 Å². The van der Waals surface area contributed by atoms with Crippen molar-refractivity contribution in [1.29, 1.82) is 0 Å². The minimum Gasteiger partial charge on any atom is -0.348 e. The second-order valence-electron chi connectivity index (χ2n) is 11.1. The SMILES string of the molecule is CC#CCC1CCCC(NC(=O)c2n[nH]c3ccc(-c4cc(CN5CCCCC5)cc(F)c4C)cc23)CC1. The first-order valence-corrected chi connectivity index (χ1v) is 14.2. The molecule has 2 aliphatic rings. The van der Waals surface area contributed by atoms with E-state index in [1.807, 2.05) is 32.0 Å². The van der Waals surface area contributed by atoms with Crippen molar-refractivity contribution in [3.8, 4) is 23.0 Å². The van der Waals surface area contributed by atoms with Crippen LogP contribution in [0.1, 0.15) is 86.3 Å². The molecule has 1 aliphatic heterocycles. The average molecular weight is 515 g/mol. The van der Waals surface area contributed by atoms with Gasteiger partial charge in [-0.3, -0.25) is 14.8 Å². The number of fused-ring (bicyclic) bond motifs is 1. The fourth-order valence-electron chi connectivity index (χ4n) is 6.08. The average Bonchev–Trinajstić information content (AvgIpc) is 3.23. The van der Waals surface area contributed by atoms with Crippen LogP contribution in [0.4, 0.5) is 4.39 Å². The van der Waals surface area contributed by atoms with Crippen molar-refractivity contribution < 1.29 is 9.18 Å². The van der Waals surface area contributed by atoms with Crippen molar-refractivity contribution in [3.63, 3.8) is 0 Å². The van der Waals surface area contributed by atoms with E-state index < -0.39 is 0 Å². The molecule has 0 spiro atoms. The number of carbonyl (C=O) groups is 1. The molecule has 1 aromatic heterocycles. The molecule has 2 atom stereocenters. The number of H-pyrrole nitrogens is 1. The van der Waals surface area contributed by atoms with Crippen LogP contribution in [0.25, 0.3) is 22.0 Å². The fourth-order valence-corrected chi connectivity index (χ4v) is 6.08. The third kappa shape index (κ3) is 6.10. The number of hydrogen-bond donors (Lipinski definition) is 2. The molecule has 5 rings (SSSR count). The minimum absolute atomic E-state index is 0.146. The van der Waals surface area contributed by atoms with Crippen LogP contribution in [0.2, 0.25) is 0 Å². The molecule has 2 aromatic carbocycles. The van der Waals surface area contributed by atoms with Crippen LogP contribution < -0.4 is 5.32 Å². The van der Waals surface area contributed by atoms with E-state index in [4.69, 9.17) is 0 Å². The lowest BCUT2D eigenvalue weighted by Crippen LogP contribution is -2.34. The summed E-state index contributed by atoms with van der Waals surface area (Å²) in [4.78, 5) is 15.7. The molecule has 1 saturated carbocycles. The summed E-state index contributed by atoms with van der Waals surface area (Å²) in [6.45, 7) is 6.62. The van der Waals surface area contributed by atoms with E-state index in [9.17, 15) is 4.79 Å². The Hall–Kier alpha value is -3.17. The van der Waals surface area contributed by atoms with Gasteiger partial charge in [-0.25, -0.2) is 4.39 Å². The second kappa shape index (κ2) is 12.1. The highest BCUT2D eigenvalue weighted by molar-refractivity contribution is 6.05. The van der Waals surface area contributed by atoms with Gasteiger partial charge in [0.2, 0.25) is 0 Å². The maximum atomic E-state index is 15.0. The van der Waals surface area contributed by atoms with E-state index in [1.54, 1.807) is 6.07 Å². The van der Waals surface area contributed by atoms with Gasteiger partial charge < -0.3 is 5.32 Å². The Morgan fingerprint density at radius 1 is 1.11 bits per heavy atom. The summed E-state index contributed by atoms with van der Waals surface area (Å²) in [7, 11) is 0. The Morgan fingerprint density at radius 3 is 2.76 bits per heavy atom. The Kier molecular flexibility index (Phi) is 8.44. The van der Waals surface area contributed by atoms with Crippen molar-refractivity contribution in [2.45, 2.75) is 84.2 Å². The summed E-state index contributed by atoms with van der Waals surface area (Å²) in [5, 5.41) is 11.4. The first-order valence-electron chi connectivity index (χ1n) is 14.2. The highest BCUT2D eigenvalue weighted by atomic mass is 19.1. The summed E-state index contributed by atoms with van der Waals surface area (Å²) in [6, 6.07) is 9.84. The number of benzene rings is 2. The summed E-state index contributed by atoms with van der Waals surface area (Å²) in [6.07, 6.45) is 9.95. The number of nitrogens with one attached hydrogen (secondary N) is 2. The minimum atomic E-state index is -0.184. The predicted molar refractivity (Wildman–Crippen MR) is 151 cm³/mol. The highest BCUT2D eigenvalue weighted by Crippen LogP contribution is 2.31. The zero-order chi connectivity index (χ0) is 26.5. The Balaban J connectivity index is 1.35. The zero-order valence-corrected chi connectivity index (χ0v) is 22.7. The predicted octanol–water partition coefficient (Wildman–Crippen LogP) is 6.76. The van der Waals surface area contributed by atoms with Gasteiger partial charge >= 0.3 is 0 Å². The Morgan fingerprint density at radius 2 is 1.95 bits per heavy atom. The standard InChI is InChI=1S/C32H39FN4O/c1-3-4-9-23-10-8-11-26(14-12-23)34-32(38)31-28-20-25(13-15-30(28)35-36-31)27-18-24(19-29(33)22(27)2)21-37-16-6-5-7-17-37/h13,15,18-20,23,26H,5-12,14,16-17,21H2,1-2H3,(H,34,38)(H,35,36). The van der Waals surface area contributed by atoms with E-state index in [2.05, 4.69) is 38.3 Å². The van der Waals surface area contributed by atoms with Gasteiger partial charge in [0, 0.05) is 24.4 Å². The van der Waals surface area contributed by atoms with Crippen molar-refractivity contribution >= 4 is 16.8 Å². The number of amides is 1. The van der Waals surface area contributed by atoms with Gasteiger partial charge in [0.15, 0.2) is 5.69 Å². The van der Waals surface area contributed by atoms with E-state index in [-0.39, 0.29) is 17.8 Å². The lowest BCUT2D eigenvalue weighted by atomic mass is 9.95. The number of piperidine rings is 1. The molecule has 38 heavy (non-hydrogen) atoms. The molecule has 0 bridgehead atoms. The van der Waals surface area contributed by atoms with Crippen LogP contribution in [0.15, 0.2) is 30.3 Å². The third-order valence-electron chi connectivity index (χ3n) is 8.34. The van der Waals surface area contributed by atoms with Gasteiger partial charge in [-0.2, -0.15) is 5.10 Å². The molecule has 1 amide bonds. The normalized spacial score (nSPS) is 20.5. The molecule has 6 heteroatoms. The van der Waals surface area contributed by atoms with Crippen molar-refractivity contribution in [2.75, 3.05) is 13.1 Å². The van der Waals surface area contributed by atoms with Crippen LogP contribution in [0, 0.1) is 30.5 Å². The molecule has 0 radical (unpaired) electrons. The first kappa shape index (κ1) is 26.4. The summed E-state index contributed by atoms with van der Waals surface area (Å²) >= 11 is 0. The number of likely N-dealkylation sites (tertiary alicyclic amines) is 1. The van der Waals surface area contributed by atoms with E-state index >= 15 is 4.39 Å². The number of nitrogens with zero attached hydrogens (tertiary/aromatic N) is 2. The van der Waals surface area contributed by atoms with Crippen molar-refractivity contribution in [1.82, 2.24) is 20.4 Å². The monoisotopic (exact) mass is 514 g/mol. The molecule has 1 aliphatic carbocycles. The van der Waals surface area contributed by atoms with Gasteiger partial charge in [0.1, 0.15) is 5.82 Å². The molecule has 2 fully saturated rings. The van der Waals surface area contributed by atoms with Gasteiger partial charge in [0.25, 0.3) is 5.91 Å². The molecule has 200 valence electrons. The number of carbonyl (C=O) groups excluding carboxylic acids is 1. The first-order chi connectivity index (χ1) is 18.5. The molecule has 2 unspecified atom stereocenters. The maximum absolute atomic E-state index is 15.0. The molecular weight excluding hydrogens is 475 g/mol. The number of aromatic nitrogens is 2. The van der Waals surface area contributed by atoms with Gasteiger partial charge in [-0.15, -0.1) is 11.8 Å². The van der Waals surface area contributed by atoms with Crippen LogP contribution in [0.5, 0.6) is 0 Å². The second-order valence-corrected chi connectivity index (χ2v) is 11.1. The summed E-state index contributed by atoms with van der Waals surface area (Å²) in [5.41, 5.74) is 4.60.